The number of hydrogen-bond donors (Lipinski definition) is 1. The van der Waals surface area contributed by atoms with Gasteiger partial charge in [-0.25, -0.2) is 4.98 Å². The van der Waals surface area contributed by atoms with Crippen LogP contribution in [-0.4, -0.2) is 15.5 Å². The van der Waals surface area contributed by atoms with Crippen LogP contribution in [0.5, 0.6) is 0 Å². The summed E-state index contributed by atoms with van der Waals surface area (Å²) in [4.78, 5) is 17.5. The summed E-state index contributed by atoms with van der Waals surface area (Å²) in [5, 5.41) is 3.59. The van der Waals surface area contributed by atoms with Crippen molar-refractivity contribution in [2.75, 3.05) is 0 Å². The molecule has 1 N–H and O–H groups in total. The van der Waals surface area contributed by atoms with Crippen LogP contribution in [0, 0.1) is 6.92 Å². The molecule has 4 nitrogen and oxygen atoms in total. The topological polar surface area (TPSA) is 46.9 Å². The van der Waals surface area contributed by atoms with Crippen molar-refractivity contribution in [1.29, 1.82) is 0 Å². The highest BCUT2D eigenvalue weighted by molar-refractivity contribution is 6.30. The van der Waals surface area contributed by atoms with Crippen LogP contribution in [-0.2, 0) is 6.54 Å². The van der Waals surface area contributed by atoms with Gasteiger partial charge in [0.2, 0.25) is 0 Å². The number of benzene rings is 3. The van der Waals surface area contributed by atoms with Crippen LogP contribution in [0.15, 0.2) is 72.8 Å². The second-order valence-electron chi connectivity index (χ2n) is 7.24. The van der Waals surface area contributed by atoms with E-state index in [-0.39, 0.29) is 11.9 Å². The van der Waals surface area contributed by atoms with E-state index in [1.165, 1.54) is 11.1 Å². The van der Waals surface area contributed by atoms with Crippen LogP contribution in [0.4, 0.5) is 0 Å². The van der Waals surface area contributed by atoms with E-state index < -0.39 is 0 Å². The number of amides is 1. The minimum Gasteiger partial charge on any atom is -0.342 e. The number of rotatable bonds is 5. The summed E-state index contributed by atoms with van der Waals surface area (Å²) in [6, 6.07) is 23.2. The molecule has 1 aromatic heterocycles. The molecule has 1 unspecified atom stereocenters. The third-order valence-electron chi connectivity index (χ3n) is 4.97. The number of fused-ring (bicyclic) bond motifs is 1. The van der Waals surface area contributed by atoms with Crippen molar-refractivity contribution in [3.05, 3.63) is 100 Å². The molecule has 0 saturated heterocycles. The van der Waals surface area contributed by atoms with Gasteiger partial charge >= 0.3 is 0 Å². The lowest BCUT2D eigenvalue weighted by Crippen LogP contribution is -2.28. The van der Waals surface area contributed by atoms with E-state index in [0.29, 0.717) is 17.1 Å². The molecule has 0 aliphatic carbocycles. The summed E-state index contributed by atoms with van der Waals surface area (Å²) < 4.78 is 2.17. The molecule has 0 aliphatic heterocycles. The zero-order chi connectivity index (χ0) is 20.4. The Hall–Kier alpha value is -3.11. The molecule has 0 bridgehead atoms. The van der Waals surface area contributed by atoms with Gasteiger partial charge in [-0.05, 0) is 49.7 Å². The number of para-hydroxylation sites is 2. The number of carbonyl (C=O) groups excluding carboxylic acids is 1. The Balaban J connectivity index is 1.67. The molecule has 0 radical (unpaired) electrons. The third-order valence-corrected chi connectivity index (χ3v) is 5.20. The summed E-state index contributed by atoms with van der Waals surface area (Å²) in [7, 11) is 0. The molecule has 29 heavy (non-hydrogen) atoms. The van der Waals surface area contributed by atoms with Gasteiger partial charge < -0.3 is 9.88 Å². The number of nitrogens with zero attached hydrogens (tertiary/aromatic N) is 2. The van der Waals surface area contributed by atoms with Crippen molar-refractivity contribution in [1.82, 2.24) is 14.9 Å². The fourth-order valence-corrected chi connectivity index (χ4v) is 3.63. The first kappa shape index (κ1) is 19.2. The number of aromatic nitrogens is 2. The molecular formula is C24H22ClN3O. The zero-order valence-corrected chi connectivity index (χ0v) is 17.1. The molecular weight excluding hydrogens is 382 g/mol. The first-order chi connectivity index (χ1) is 14.0. The molecule has 1 atom stereocenters. The van der Waals surface area contributed by atoms with Crippen LogP contribution in [0.25, 0.3) is 11.0 Å². The van der Waals surface area contributed by atoms with Gasteiger partial charge in [-0.3, -0.25) is 4.79 Å². The van der Waals surface area contributed by atoms with Gasteiger partial charge in [0.15, 0.2) is 0 Å². The molecule has 0 fully saturated rings. The third kappa shape index (κ3) is 4.17. The number of halogens is 1. The van der Waals surface area contributed by atoms with Crippen LogP contribution >= 0.6 is 11.6 Å². The van der Waals surface area contributed by atoms with Gasteiger partial charge in [0.25, 0.3) is 5.91 Å². The maximum atomic E-state index is 12.7. The van der Waals surface area contributed by atoms with Crippen molar-refractivity contribution < 1.29 is 4.79 Å². The Morgan fingerprint density at radius 1 is 1.07 bits per heavy atom. The largest absolute Gasteiger partial charge is 0.342 e. The molecule has 1 amide bonds. The summed E-state index contributed by atoms with van der Waals surface area (Å²) in [6.07, 6.45) is 0. The van der Waals surface area contributed by atoms with Crippen LogP contribution < -0.4 is 5.32 Å². The predicted octanol–water partition coefficient (Wildman–Crippen LogP) is 5.54. The van der Waals surface area contributed by atoms with Crippen LogP contribution in [0.2, 0.25) is 5.02 Å². The minimum atomic E-state index is -0.265. The fraction of sp³-hybridized carbons (Fsp3) is 0.167. The number of carbonyl (C=O) groups is 1. The normalized spacial score (nSPS) is 12.1. The monoisotopic (exact) mass is 403 g/mol. The molecule has 0 aliphatic rings. The number of imidazole rings is 1. The van der Waals surface area contributed by atoms with E-state index >= 15 is 0 Å². The summed E-state index contributed by atoms with van der Waals surface area (Å²) in [6.45, 7) is 4.72. The van der Waals surface area contributed by atoms with E-state index in [0.717, 1.165) is 16.9 Å². The van der Waals surface area contributed by atoms with Gasteiger partial charge in [-0.2, -0.15) is 0 Å². The van der Waals surface area contributed by atoms with Crippen molar-refractivity contribution in [2.24, 2.45) is 0 Å². The lowest BCUT2D eigenvalue weighted by Gasteiger charge is -2.17. The molecule has 1 heterocycles. The first-order valence-corrected chi connectivity index (χ1v) is 9.96. The molecule has 5 heteroatoms. The summed E-state index contributed by atoms with van der Waals surface area (Å²) in [5.41, 5.74) is 4.91. The second-order valence-corrected chi connectivity index (χ2v) is 7.67. The molecule has 146 valence electrons. The fourth-order valence-electron chi connectivity index (χ4n) is 3.44. The molecule has 0 saturated carbocycles. The SMILES string of the molecule is Cc1ccc(Cn2c(C(C)NC(=O)c3cccc(Cl)c3)nc3ccccc32)cc1. The standard InChI is InChI=1S/C24H22ClN3O/c1-16-10-12-18(13-11-16)15-28-22-9-4-3-8-21(22)27-23(28)17(2)26-24(29)19-6-5-7-20(25)14-19/h3-14,17H,15H2,1-2H3,(H,26,29). The summed E-state index contributed by atoms with van der Waals surface area (Å²) >= 11 is 6.03. The van der Waals surface area contributed by atoms with Gasteiger partial charge in [0.05, 0.1) is 17.1 Å². The average Bonchev–Trinajstić information content (AvgIpc) is 3.08. The van der Waals surface area contributed by atoms with Gasteiger partial charge in [0, 0.05) is 17.1 Å². The predicted molar refractivity (Wildman–Crippen MR) is 117 cm³/mol. The summed E-state index contributed by atoms with van der Waals surface area (Å²) in [5.74, 6) is 0.649. The lowest BCUT2D eigenvalue weighted by molar-refractivity contribution is 0.0938. The molecule has 3 aromatic carbocycles. The second kappa shape index (κ2) is 8.10. The first-order valence-electron chi connectivity index (χ1n) is 9.58. The zero-order valence-electron chi connectivity index (χ0n) is 16.4. The van der Waals surface area contributed by atoms with Gasteiger partial charge in [0.1, 0.15) is 5.82 Å². The average molecular weight is 404 g/mol. The van der Waals surface area contributed by atoms with Crippen LogP contribution in [0.3, 0.4) is 0 Å². The molecule has 4 aromatic rings. The number of hydrogen-bond acceptors (Lipinski definition) is 2. The highest BCUT2D eigenvalue weighted by atomic mass is 35.5. The maximum absolute atomic E-state index is 12.7. The number of aryl methyl sites for hydroxylation is 1. The van der Waals surface area contributed by atoms with E-state index in [2.05, 4.69) is 47.1 Å². The molecule has 0 spiro atoms. The lowest BCUT2D eigenvalue weighted by atomic mass is 10.1. The quantitative estimate of drug-likeness (QED) is 0.475. The smallest absolute Gasteiger partial charge is 0.251 e. The van der Waals surface area contributed by atoms with E-state index in [1.54, 1.807) is 24.3 Å². The Kier molecular flexibility index (Phi) is 5.36. The Labute approximate surface area is 175 Å². The van der Waals surface area contributed by atoms with Crippen LogP contribution in [0.1, 0.15) is 40.3 Å². The van der Waals surface area contributed by atoms with Crippen molar-refractivity contribution in [3.8, 4) is 0 Å². The van der Waals surface area contributed by atoms with E-state index in [1.807, 2.05) is 25.1 Å². The van der Waals surface area contributed by atoms with Gasteiger partial charge in [-0.15, -0.1) is 0 Å². The van der Waals surface area contributed by atoms with Gasteiger partial charge in [-0.1, -0.05) is 59.6 Å². The van der Waals surface area contributed by atoms with Crippen molar-refractivity contribution in [2.45, 2.75) is 26.4 Å². The minimum absolute atomic E-state index is 0.172. The maximum Gasteiger partial charge on any atom is 0.251 e. The number of nitrogens with one attached hydrogen (secondary N) is 1. The van der Waals surface area contributed by atoms with Crippen molar-refractivity contribution in [3.63, 3.8) is 0 Å². The Morgan fingerprint density at radius 3 is 2.59 bits per heavy atom. The van der Waals surface area contributed by atoms with E-state index in [4.69, 9.17) is 16.6 Å². The molecule has 4 rings (SSSR count). The van der Waals surface area contributed by atoms with E-state index in [9.17, 15) is 4.79 Å². The van der Waals surface area contributed by atoms with Crippen molar-refractivity contribution >= 4 is 28.5 Å². The Morgan fingerprint density at radius 2 is 1.83 bits per heavy atom. The highest BCUT2D eigenvalue weighted by Crippen LogP contribution is 2.23. The Bertz CT molecular complexity index is 1160. The highest BCUT2D eigenvalue weighted by Gasteiger charge is 2.19.